The molecule has 1 unspecified atom stereocenters. The molecule has 1 atom stereocenters. The zero-order valence-electron chi connectivity index (χ0n) is 15.1. The highest BCUT2D eigenvalue weighted by atomic mass is 16.1. The quantitative estimate of drug-likeness (QED) is 0.642. The second kappa shape index (κ2) is 7.73. The highest BCUT2D eigenvalue weighted by Gasteiger charge is 2.28. The Hall–Kier alpha value is -3.97. The fourth-order valence-corrected chi connectivity index (χ4v) is 3.39. The number of aldehydes is 1. The maximum atomic E-state index is 12.2. The Kier molecular flexibility index (Phi) is 4.81. The molecule has 1 aliphatic heterocycles. The molecule has 4 heteroatoms. The third kappa shape index (κ3) is 3.22. The number of nitrogens with zero attached hydrogens (tertiary/aromatic N) is 3. The topological polar surface area (TPSA) is 57.0 Å². The van der Waals surface area contributed by atoms with Crippen LogP contribution in [0.2, 0.25) is 0 Å². The molecule has 0 radical (unpaired) electrons. The smallest absolute Gasteiger partial charge is 0.147 e. The standard InChI is InChI=1S/C24H17N3O/c25-15-18-8-4-5-11-21(18)22-14-19(23-12-6-7-13-26-23)16-27(24(22)17-28)20-9-2-1-3-10-20/h1-14,16-17,24H. The van der Waals surface area contributed by atoms with E-state index in [1.807, 2.05) is 83.9 Å². The van der Waals surface area contributed by atoms with Gasteiger partial charge in [0.2, 0.25) is 0 Å². The van der Waals surface area contributed by atoms with Crippen LogP contribution in [-0.4, -0.2) is 17.3 Å². The van der Waals surface area contributed by atoms with Crippen molar-refractivity contribution in [1.82, 2.24) is 4.98 Å². The van der Waals surface area contributed by atoms with Gasteiger partial charge in [0.25, 0.3) is 0 Å². The predicted molar refractivity (Wildman–Crippen MR) is 110 cm³/mol. The lowest BCUT2D eigenvalue weighted by molar-refractivity contribution is -0.107. The Morgan fingerprint density at radius 3 is 2.43 bits per heavy atom. The number of rotatable bonds is 4. The molecular formula is C24H17N3O. The van der Waals surface area contributed by atoms with Gasteiger partial charge in [-0.2, -0.15) is 5.26 Å². The van der Waals surface area contributed by atoms with E-state index in [4.69, 9.17) is 0 Å². The largest absolute Gasteiger partial charge is 0.333 e. The molecule has 2 heterocycles. The van der Waals surface area contributed by atoms with Crippen LogP contribution >= 0.6 is 0 Å². The van der Waals surface area contributed by atoms with E-state index in [1.165, 1.54) is 0 Å². The van der Waals surface area contributed by atoms with E-state index in [1.54, 1.807) is 12.3 Å². The molecule has 0 amide bonds. The number of benzene rings is 2. The number of allylic oxidation sites excluding steroid dienone is 2. The fourth-order valence-electron chi connectivity index (χ4n) is 3.39. The highest BCUT2D eigenvalue weighted by molar-refractivity contribution is 5.99. The van der Waals surface area contributed by atoms with Crippen molar-refractivity contribution in [3.8, 4) is 6.07 Å². The van der Waals surface area contributed by atoms with Crippen LogP contribution in [0.1, 0.15) is 16.8 Å². The number of aromatic nitrogens is 1. The number of anilines is 1. The van der Waals surface area contributed by atoms with Gasteiger partial charge >= 0.3 is 0 Å². The Balaban J connectivity index is 1.93. The van der Waals surface area contributed by atoms with Gasteiger partial charge in [0.15, 0.2) is 0 Å². The Morgan fingerprint density at radius 1 is 0.964 bits per heavy atom. The van der Waals surface area contributed by atoms with E-state index in [2.05, 4.69) is 11.1 Å². The van der Waals surface area contributed by atoms with Crippen molar-refractivity contribution < 1.29 is 4.79 Å². The summed E-state index contributed by atoms with van der Waals surface area (Å²) in [6, 6.07) is 24.5. The Bertz CT molecular complexity index is 1100. The summed E-state index contributed by atoms with van der Waals surface area (Å²) in [5.41, 5.74) is 4.65. The zero-order valence-corrected chi connectivity index (χ0v) is 15.1. The minimum atomic E-state index is -0.538. The summed E-state index contributed by atoms with van der Waals surface area (Å²) in [6.07, 6.45) is 6.55. The summed E-state index contributed by atoms with van der Waals surface area (Å²) >= 11 is 0. The minimum Gasteiger partial charge on any atom is -0.333 e. The predicted octanol–water partition coefficient (Wildman–Crippen LogP) is 4.47. The number of para-hydroxylation sites is 1. The lowest BCUT2D eigenvalue weighted by Gasteiger charge is -2.33. The molecule has 4 rings (SSSR count). The molecule has 0 aliphatic carbocycles. The van der Waals surface area contributed by atoms with Crippen LogP contribution in [0.3, 0.4) is 0 Å². The Labute approximate surface area is 163 Å². The zero-order chi connectivity index (χ0) is 19.3. The van der Waals surface area contributed by atoms with E-state index in [0.717, 1.165) is 34.4 Å². The van der Waals surface area contributed by atoms with Crippen molar-refractivity contribution in [2.24, 2.45) is 0 Å². The summed E-state index contributed by atoms with van der Waals surface area (Å²) in [6.45, 7) is 0. The number of nitriles is 1. The molecular weight excluding hydrogens is 346 g/mol. The van der Waals surface area contributed by atoms with Gasteiger partial charge in [-0.1, -0.05) is 42.5 Å². The molecule has 1 aliphatic rings. The van der Waals surface area contributed by atoms with E-state index >= 15 is 0 Å². The normalized spacial score (nSPS) is 16.0. The maximum Gasteiger partial charge on any atom is 0.147 e. The van der Waals surface area contributed by atoms with Crippen molar-refractivity contribution in [2.75, 3.05) is 4.90 Å². The molecule has 0 saturated heterocycles. The third-order valence-corrected chi connectivity index (χ3v) is 4.71. The fraction of sp³-hybridized carbons (Fsp3) is 0.0417. The van der Waals surface area contributed by atoms with Gasteiger partial charge in [0.1, 0.15) is 12.3 Å². The number of pyridine rings is 1. The average molecular weight is 363 g/mol. The van der Waals surface area contributed by atoms with Crippen LogP contribution < -0.4 is 4.90 Å². The van der Waals surface area contributed by atoms with Crippen LogP contribution in [0.25, 0.3) is 11.1 Å². The van der Waals surface area contributed by atoms with Gasteiger partial charge in [0.05, 0.1) is 17.3 Å². The summed E-state index contributed by atoms with van der Waals surface area (Å²) in [4.78, 5) is 18.6. The molecule has 134 valence electrons. The van der Waals surface area contributed by atoms with Crippen LogP contribution in [0, 0.1) is 11.3 Å². The van der Waals surface area contributed by atoms with Crippen LogP contribution in [0.15, 0.2) is 91.3 Å². The monoisotopic (exact) mass is 363 g/mol. The molecule has 3 aromatic rings. The average Bonchev–Trinajstić information content (AvgIpc) is 2.79. The number of carbonyl (C=O) groups is 1. The molecule has 4 nitrogen and oxygen atoms in total. The molecule has 2 aromatic carbocycles. The molecule has 0 spiro atoms. The summed E-state index contributed by atoms with van der Waals surface area (Å²) in [5.74, 6) is 0. The molecule has 28 heavy (non-hydrogen) atoms. The molecule has 0 saturated carbocycles. The van der Waals surface area contributed by atoms with Crippen molar-refractivity contribution in [3.63, 3.8) is 0 Å². The first-order valence-corrected chi connectivity index (χ1v) is 8.95. The first-order chi connectivity index (χ1) is 13.8. The third-order valence-electron chi connectivity index (χ3n) is 4.71. The van der Waals surface area contributed by atoms with E-state index in [0.29, 0.717) is 5.56 Å². The van der Waals surface area contributed by atoms with Gasteiger partial charge in [-0.15, -0.1) is 0 Å². The van der Waals surface area contributed by atoms with Crippen LogP contribution in [-0.2, 0) is 4.79 Å². The molecule has 1 aromatic heterocycles. The summed E-state index contributed by atoms with van der Waals surface area (Å²) in [5, 5.41) is 9.57. The van der Waals surface area contributed by atoms with Gasteiger partial charge in [-0.3, -0.25) is 4.98 Å². The SMILES string of the molecule is N#Cc1ccccc1C1=CC(c2ccccn2)=CN(c2ccccc2)C1C=O. The van der Waals surface area contributed by atoms with E-state index in [9.17, 15) is 10.1 Å². The lowest BCUT2D eigenvalue weighted by Crippen LogP contribution is -2.35. The first-order valence-electron chi connectivity index (χ1n) is 8.95. The van der Waals surface area contributed by atoms with Gasteiger partial charge in [-0.25, -0.2) is 0 Å². The second-order valence-corrected chi connectivity index (χ2v) is 6.38. The van der Waals surface area contributed by atoms with Crippen LogP contribution in [0.4, 0.5) is 5.69 Å². The summed E-state index contributed by atoms with van der Waals surface area (Å²) < 4.78 is 0. The van der Waals surface area contributed by atoms with Crippen molar-refractivity contribution in [1.29, 1.82) is 5.26 Å². The maximum absolute atomic E-state index is 12.2. The van der Waals surface area contributed by atoms with Crippen molar-refractivity contribution >= 4 is 23.1 Å². The molecule has 0 N–H and O–H groups in total. The Morgan fingerprint density at radius 2 is 1.71 bits per heavy atom. The van der Waals surface area contributed by atoms with E-state index in [-0.39, 0.29) is 0 Å². The number of carbonyl (C=O) groups excluding carboxylic acids is 1. The van der Waals surface area contributed by atoms with Crippen LogP contribution in [0.5, 0.6) is 0 Å². The molecule has 0 fully saturated rings. The number of hydrogen-bond donors (Lipinski definition) is 0. The van der Waals surface area contributed by atoms with Crippen molar-refractivity contribution in [2.45, 2.75) is 6.04 Å². The number of hydrogen-bond acceptors (Lipinski definition) is 4. The van der Waals surface area contributed by atoms with E-state index < -0.39 is 6.04 Å². The van der Waals surface area contributed by atoms with Gasteiger partial charge in [0, 0.05) is 23.7 Å². The minimum absolute atomic E-state index is 0.538. The van der Waals surface area contributed by atoms with Gasteiger partial charge in [-0.05, 0) is 47.5 Å². The molecule has 0 bridgehead atoms. The first kappa shape index (κ1) is 17.4. The lowest BCUT2D eigenvalue weighted by atomic mass is 9.89. The highest BCUT2D eigenvalue weighted by Crippen LogP contribution is 2.35. The summed E-state index contributed by atoms with van der Waals surface area (Å²) in [7, 11) is 0. The van der Waals surface area contributed by atoms with Crippen molar-refractivity contribution in [3.05, 3.63) is 108 Å². The second-order valence-electron chi connectivity index (χ2n) is 6.38. The van der Waals surface area contributed by atoms with Gasteiger partial charge < -0.3 is 9.69 Å².